The molecule has 3 aromatic rings. The van der Waals surface area contributed by atoms with Crippen molar-refractivity contribution in [3.8, 4) is 17.2 Å². The second kappa shape index (κ2) is 9.42. The number of methoxy groups -OCH3 is 3. The molecule has 176 valence electrons. The van der Waals surface area contributed by atoms with E-state index in [4.69, 9.17) is 24.3 Å². The van der Waals surface area contributed by atoms with Crippen LogP contribution >= 0.6 is 11.8 Å². The summed E-state index contributed by atoms with van der Waals surface area (Å²) in [6.45, 7) is 0. The lowest BCUT2D eigenvalue weighted by atomic mass is 9.85. The van der Waals surface area contributed by atoms with Crippen molar-refractivity contribution in [3.05, 3.63) is 64.9 Å². The lowest BCUT2D eigenvalue weighted by Crippen LogP contribution is -2.31. The Morgan fingerprint density at radius 1 is 1.06 bits per heavy atom. The maximum absolute atomic E-state index is 13.1. The minimum atomic E-state index is -0.439. The Kier molecular flexibility index (Phi) is 6.19. The Labute approximate surface area is 202 Å². The van der Waals surface area contributed by atoms with Crippen LogP contribution in [-0.2, 0) is 10.5 Å². The van der Waals surface area contributed by atoms with Gasteiger partial charge in [-0.15, -0.1) is 5.10 Å². The summed E-state index contributed by atoms with van der Waals surface area (Å²) in [5, 5.41) is 8.83. The van der Waals surface area contributed by atoms with Crippen LogP contribution in [0.25, 0.3) is 0 Å². The lowest BCUT2D eigenvalue weighted by Gasteiger charge is -2.32. The zero-order valence-corrected chi connectivity index (χ0v) is 20.1. The van der Waals surface area contributed by atoms with Crippen LogP contribution in [0, 0.1) is 0 Å². The second-order valence-corrected chi connectivity index (χ2v) is 9.03. The summed E-state index contributed by atoms with van der Waals surface area (Å²) in [5.41, 5.74) is 3.65. The molecule has 2 aliphatic rings. The number of aromatic nitrogens is 3. The summed E-state index contributed by atoms with van der Waals surface area (Å²) in [5.74, 6) is 3.06. The molecule has 5 rings (SSSR count). The summed E-state index contributed by atoms with van der Waals surface area (Å²) in [7, 11) is 4.74. The number of Topliss-reactive ketones (excluding diaryl/α,β-unsaturated/α-hetero) is 1. The van der Waals surface area contributed by atoms with Crippen molar-refractivity contribution < 1.29 is 19.0 Å². The van der Waals surface area contributed by atoms with Crippen molar-refractivity contribution in [1.29, 1.82) is 0 Å². The Bertz CT molecular complexity index is 1230. The van der Waals surface area contributed by atoms with Crippen LogP contribution in [0.3, 0.4) is 0 Å². The first-order valence-corrected chi connectivity index (χ1v) is 12.1. The number of rotatable bonds is 7. The number of benzene rings is 2. The number of anilines is 1. The van der Waals surface area contributed by atoms with Gasteiger partial charge in [0, 0.05) is 23.4 Å². The molecule has 0 unspecified atom stereocenters. The molecule has 1 atom stereocenters. The quantitative estimate of drug-likeness (QED) is 0.493. The number of nitrogens with one attached hydrogen (secondary N) is 1. The van der Waals surface area contributed by atoms with Crippen molar-refractivity contribution >= 4 is 23.5 Å². The molecule has 2 aromatic carbocycles. The second-order valence-electron chi connectivity index (χ2n) is 8.09. The summed E-state index contributed by atoms with van der Waals surface area (Å²) in [6.07, 6.45) is 2.12. The number of allylic oxidation sites excluding steroid dienone is 2. The molecule has 1 aliphatic heterocycles. The molecule has 1 N–H and O–H groups in total. The number of hydrogen-bond acceptors (Lipinski definition) is 8. The molecule has 0 saturated heterocycles. The zero-order valence-electron chi connectivity index (χ0n) is 19.3. The van der Waals surface area contributed by atoms with Gasteiger partial charge in [0.05, 0.1) is 21.3 Å². The fourth-order valence-electron chi connectivity index (χ4n) is 4.49. The smallest absolute Gasteiger partial charge is 0.227 e. The number of thioether (sulfide) groups is 1. The van der Waals surface area contributed by atoms with Gasteiger partial charge in [0.2, 0.25) is 16.9 Å². The normalized spacial score (nSPS) is 17.0. The SMILES string of the molecule is COc1cc([C@H]2C3=C(CCCC3=O)Nc3nc(SCc4ccccc4)nn32)cc(OC)c1OC. The van der Waals surface area contributed by atoms with Crippen LogP contribution < -0.4 is 19.5 Å². The molecule has 0 fully saturated rings. The van der Waals surface area contributed by atoms with E-state index in [0.717, 1.165) is 35.4 Å². The largest absolute Gasteiger partial charge is 0.493 e. The van der Waals surface area contributed by atoms with E-state index in [1.165, 1.54) is 5.56 Å². The third kappa shape index (κ3) is 4.00. The van der Waals surface area contributed by atoms with Crippen LogP contribution in [0.5, 0.6) is 17.2 Å². The van der Waals surface area contributed by atoms with Crippen LogP contribution in [0.4, 0.5) is 5.95 Å². The molecular weight excluding hydrogens is 452 g/mol. The van der Waals surface area contributed by atoms with E-state index in [1.54, 1.807) is 37.8 Å². The highest BCUT2D eigenvalue weighted by Crippen LogP contribution is 2.45. The summed E-state index contributed by atoms with van der Waals surface area (Å²) < 4.78 is 18.5. The molecule has 0 amide bonds. The van der Waals surface area contributed by atoms with E-state index in [0.29, 0.717) is 34.8 Å². The fraction of sp³-hybridized carbons (Fsp3) is 0.320. The van der Waals surface area contributed by atoms with Gasteiger partial charge in [0.15, 0.2) is 17.3 Å². The first kappa shape index (κ1) is 22.3. The van der Waals surface area contributed by atoms with Crippen LogP contribution in [0.15, 0.2) is 58.9 Å². The maximum Gasteiger partial charge on any atom is 0.227 e. The van der Waals surface area contributed by atoms with Gasteiger partial charge in [0.1, 0.15) is 6.04 Å². The molecule has 0 spiro atoms. The number of fused-ring (bicyclic) bond motifs is 1. The van der Waals surface area contributed by atoms with Gasteiger partial charge in [0.25, 0.3) is 0 Å². The summed E-state index contributed by atoms with van der Waals surface area (Å²) >= 11 is 1.56. The fourth-order valence-corrected chi connectivity index (χ4v) is 5.27. The number of ether oxygens (including phenoxy) is 3. The van der Waals surface area contributed by atoms with Crippen molar-refractivity contribution in [3.63, 3.8) is 0 Å². The van der Waals surface area contributed by atoms with Gasteiger partial charge in [-0.25, -0.2) is 4.68 Å². The predicted octanol–water partition coefficient (Wildman–Crippen LogP) is 4.62. The van der Waals surface area contributed by atoms with Gasteiger partial charge in [-0.2, -0.15) is 4.98 Å². The van der Waals surface area contributed by atoms with Crippen LogP contribution in [0.1, 0.15) is 36.4 Å². The number of nitrogens with zero attached hydrogens (tertiary/aromatic N) is 3. The zero-order chi connectivity index (χ0) is 23.7. The molecule has 8 nitrogen and oxygen atoms in total. The highest BCUT2D eigenvalue weighted by Gasteiger charge is 2.37. The summed E-state index contributed by atoms with van der Waals surface area (Å²) in [6, 6.07) is 13.5. The number of carbonyl (C=O) groups is 1. The molecule has 9 heteroatoms. The monoisotopic (exact) mass is 478 g/mol. The minimum Gasteiger partial charge on any atom is -0.493 e. The van der Waals surface area contributed by atoms with Crippen molar-refractivity contribution in [2.75, 3.05) is 26.6 Å². The predicted molar refractivity (Wildman–Crippen MR) is 130 cm³/mol. The first-order valence-electron chi connectivity index (χ1n) is 11.1. The standard InChI is InChI=1S/C25H26N4O4S/c1-31-19-12-16(13-20(32-2)23(19)33-3)22-21-17(10-7-11-18(21)30)26-24-27-25(28-29(22)24)34-14-15-8-5-4-6-9-15/h4-6,8-9,12-13,22H,7,10-11,14H2,1-3H3,(H,26,27,28)/t22-/m0/s1. The van der Waals surface area contributed by atoms with E-state index in [1.807, 2.05) is 30.3 Å². The molecule has 0 bridgehead atoms. The molecule has 34 heavy (non-hydrogen) atoms. The Balaban J connectivity index is 1.58. The minimum absolute atomic E-state index is 0.118. The summed E-state index contributed by atoms with van der Waals surface area (Å²) in [4.78, 5) is 17.9. The van der Waals surface area contributed by atoms with E-state index in [2.05, 4.69) is 17.4 Å². The van der Waals surface area contributed by atoms with Gasteiger partial charge >= 0.3 is 0 Å². The molecule has 1 aliphatic carbocycles. The Morgan fingerprint density at radius 2 is 1.79 bits per heavy atom. The van der Waals surface area contributed by atoms with E-state index in [9.17, 15) is 4.79 Å². The molecule has 2 heterocycles. The van der Waals surface area contributed by atoms with E-state index >= 15 is 0 Å². The molecule has 0 saturated carbocycles. The Morgan fingerprint density at radius 3 is 2.47 bits per heavy atom. The third-order valence-electron chi connectivity index (χ3n) is 6.06. The Hall–Kier alpha value is -3.46. The highest BCUT2D eigenvalue weighted by atomic mass is 32.2. The molecule has 1 aromatic heterocycles. The first-order chi connectivity index (χ1) is 16.6. The van der Waals surface area contributed by atoms with Crippen molar-refractivity contribution in [1.82, 2.24) is 14.8 Å². The van der Waals surface area contributed by atoms with Gasteiger partial charge < -0.3 is 19.5 Å². The van der Waals surface area contributed by atoms with Gasteiger partial charge in [-0.05, 0) is 36.1 Å². The number of hydrogen-bond donors (Lipinski definition) is 1. The third-order valence-corrected chi connectivity index (χ3v) is 6.97. The highest BCUT2D eigenvalue weighted by molar-refractivity contribution is 7.98. The average Bonchev–Trinajstić information content (AvgIpc) is 3.28. The van der Waals surface area contributed by atoms with Gasteiger partial charge in [-0.1, -0.05) is 42.1 Å². The maximum atomic E-state index is 13.1. The average molecular weight is 479 g/mol. The van der Waals surface area contributed by atoms with E-state index in [-0.39, 0.29) is 5.78 Å². The van der Waals surface area contributed by atoms with Crippen LogP contribution in [0.2, 0.25) is 0 Å². The number of carbonyl (C=O) groups excluding carboxylic acids is 1. The topological polar surface area (TPSA) is 87.5 Å². The number of ketones is 1. The molecular formula is C25H26N4O4S. The van der Waals surface area contributed by atoms with Crippen molar-refractivity contribution in [2.45, 2.75) is 36.2 Å². The van der Waals surface area contributed by atoms with Crippen LogP contribution in [-0.4, -0.2) is 41.9 Å². The van der Waals surface area contributed by atoms with Crippen molar-refractivity contribution in [2.24, 2.45) is 0 Å². The van der Waals surface area contributed by atoms with E-state index < -0.39 is 6.04 Å². The van der Waals surface area contributed by atoms with Gasteiger partial charge in [-0.3, -0.25) is 4.79 Å². The molecule has 0 radical (unpaired) electrons. The lowest BCUT2D eigenvalue weighted by molar-refractivity contribution is -0.116.